The van der Waals surface area contributed by atoms with Gasteiger partial charge in [0.1, 0.15) is 5.75 Å². The van der Waals surface area contributed by atoms with Crippen molar-refractivity contribution in [1.82, 2.24) is 0 Å². The summed E-state index contributed by atoms with van der Waals surface area (Å²) in [6.07, 6.45) is 4.00. The highest BCUT2D eigenvalue weighted by molar-refractivity contribution is 5.89. The van der Waals surface area contributed by atoms with E-state index >= 15 is 0 Å². The Morgan fingerprint density at radius 2 is 1.85 bits per heavy atom. The number of ether oxygens (including phenoxy) is 1. The lowest BCUT2D eigenvalue weighted by Crippen LogP contribution is -2.23. The number of carbonyl (C=O) groups excluding carboxylic acids is 1. The van der Waals surface area contributed by atoms with Gasteiger partial charge in [0.25, 0.3) is 0 Å². The predicted molar refractivity (Wildman–Crippen MR) is 74.9 cm³/mol. The molecule has 1 radical (unpaired) electrons. The number of hydrogen-bond donors (Lipinski definition) is 0. The second kappa shape index (κ2) is 6.75. The van der Waals surface area contributed by atoms with Crippen LogP contribution in [0.1, 0.15) is 43.5 Å². The average Bonchev–Trinajstić information content (AvgIpc) is 2.48. The minimum atomic E-state index is -0.481. The van der Waals surface area contributed by atoms with Gasteiger partial charge in [-0.2, -0.15) is 4.89 Å². The standard InChI is InChI=1S/C16H21O4/c1-11-4-5-12(2)15(10-11)19-20-16(17)13-6-8-14(18-3)9-7-13/h6-9,11-12H,4-5,10H2,1-3H3. The summed E-state index contributed by atoms with van der Waals surface area (Å²) in [5.41, 5.74) is 0.447. The number of carbonyl (C=O) groups is 1. The topological polar surface area (TPSA) is 44.8 Å². The summed E-state index contributed by atoms with van der Waals surface area (Å²) >= 11 is 0. The van der Waals surface area contributed by atoms with E-state index in [9.17, 15) is 4.79 Å². The minimum absolute atomic E-state index is 0.342. The maximum absolute atomic E-state index is 11.9. The SMILES string of the molecule is COc1ccc(C(=O)OO[C]2CC(C)CCC2C)cc1. The van der Waals surface area contributed by atoms with Gasteiger partial charge in [0.15, 0.2) is 6.10 Å². The van der Waals surface area contributed by atoms with Gasteiger partial charge >= 0.3 is 5.97 Å². The molecule has 0 saturated heterocycles. The van der Waals surface area contributed by atoms with E-state index < -0.39 is 5.97 Å². The van der Waals surface area contributed by atoms with Crippen LogP contribution in [0.25, 0.3) is 0 Å². The summed E-state index contributed by atoms with van der Waals surface area (Å²) in [6.45, 7) is 4.28. The Hall–Kier alpha value is -1.55. The van der Waals surface area contributed by atoms with E-state index in [-0.39, 0.29) is 0 Å². The summed E-state index contributed by atoms with van der Waals surface area (Å²) < 4.78 is 5.04. The number of benzene rings is 1. The molecular weight excluding hydrogens is 256 g/mol. The van der Waals surface area contributed by atoms with E-state index in [0.29, 0.717) is 23.1 Å². The van der Waals surface area contributed by atoms with Crippen LogP contribution in [0.3, 0.4) is 0 Å². The smallest absolute Gasteiger partial charge is 0.373 e. The molecule has 20 heavy (non-hydrogen) atoms. The van der Waals surface area contributed by atoms with E-state index in [0.717, 1.165) is 18.9 Å². The molecule has 0 aliphatic heterocycles. The zero-order valence-electron chi connectivity index (χ0n) is 12.2. The first-order chi connectivity index (χ1) is 9.60. The Kier molecular flexibility index (Phi) is 5.01. The average molecular weight is 277 g/mol. The fraction of sp³-hybridized carbons (Fsp3) is 0.500. The van der Waals surface area contributed by atoms with Gasteiger partial charge in [-0.25, -0.2) is 4.79 Å². The molecule has 0 bridgehead atoms. The van der Waals surface area contributed by atoms with Crippen molar-refractivity contribution in [1.29, 1.82) is 0 Å². The van der Waals surface area contributed by atoms with Crippen molar-refractivity contribution in [3.63, 3.8) is 0 Å². The van der Waals surface area contributed by atoms with Gasteiger partial charge in [-0.1, -0.05) is 20.3 Å². The molecule has 1 fully saturated rings. The Morgan fingerprint density at radius 1 is 1.15 bits per heavy atom. The van der Waals surface area contributed by atoms with Crippen LogP contribution >= 0.6 is 0 Å². The molecule has 0 heterocycles. The Labute approximate surface area is 120 Å². The maximum atomic E-state index is 11.9. The molecule has 2 unspecified atom stereocenters. The van der Waals surface area contributed by atoms with Crippen LogP contribution in [0, 0.1) is 17.9 Å². The highest BCUT2D eigenvalue weighted by Crippen LogP contribution is 2.35. The fourth-order valence-corrected chi connectivity index (χ4v) is 2.32. The molecule has 1 saturated carbocycles. The minimum Gasteiger partial charge on any atom is -0.497 e. The van der Waals surface area contributed by atoms with Crippen molar-refractivity contribution in [2.75, 3.05) is 7.11 Å². The van der Waals surface area contributed by atoms with Crippen molar-refractivity contribution < 1.29 is 19.3 Å². The lowest BCUT2D eigenvalue weighted by atomic mass is 9.82. The van der Waals surface area contributed by atoms with Gasteiger partial charge in [-0.3, -0.25) is 4.89 Å². The zero-order valence-corrected chi connectivity index (χ0v) is 12.2. The highest BCUT2D eigenvalue weighted by Gasteiger charge is 2.29. The van der Waals surface area contributed by atoms with Crippen molar-refractivity contribution in [2.45, 2.75) is 33.1 Å². The van der Waals surface area contributed by atoms with Crippen LogP contribution < -0.4 is 4.74 Å². The van der Waals surface area contributed by atoms with E-state index in [2.05, 4.69) is 13.8 Å². The predicted octanol–water partition coefficient (Wildman–Crippen LogP) is 3.77. The summed E-state index contributed by atoms with van der Waals surface area (Å²) in [6, 6.07) is 6.74. The molecule has 1 aliphatic rings. The summed E-state index contributed by atoms with van der Waals surface area (Å²) in [5.74, 6) is 1.15. The molecule has 0 aromatic heterocycles. The van der Waals surface area contributed by atoms with Gasteiger partial charge in [0, 0.05) is 0 Å². The third-order valence-corrected chi connectivity index (χ3v) is 3.74. The largest absolute Gasteiger partial charge is 0.497 e. The van der Waals surface area contributed by atoms with E-state index in [1.807, 2.05) is 0 Å². The molecule has 109 valence electrons. The lowest BCUT2D eigenvalue weighted by Gasteiger charge is -2.29. The van der Waals surface area contributed by atoms with Crippen LogP contribution in [0.2, 0.25) is 0 Å². The molecule has 0 spiro atoms. The molecule has 2 atom stereocenters. The number of methoxy groups -OCH3 is 1. The molecule has 1 aliphatic carbocycles. The first-order valence-electron chi connectivity index (χ1n) is 6.98. The van der Waals surface area contributed by atoms with E-state index in [1.165, 1.54) is 6.42 Å². The Balaban J connectivity index is 1.87. The zero-order chi connectivity index (χ0) is 14.5. The number of rotatable bonds is 4. The van der Waals surface area contributed by atoms with Crippen LogP contribution in [0.5, 0.6) is 5.75 Å². The molecule has 1 aromatic carbocycles. The maximum Gasteiger partial charge on any atom is 0.373 e. The van der Waals surface area contributed by atoms with Crippen molar-refractivity contribution in [3.8, 4) is 5.75 Å². The van der Waals surface area contributed by atoms with Gasteiger partial charge in [0.2, 0.25) is 0 Å². The van der Waals surface area contributed by atoms with E-state index in [4.69, 9.17) is 14.5 Å². The molecule has 1 aromatic rings. The summed E-state index contributed by atoms with van der Waals surface area (Å²) in [4.78, 5) is 22.1. The third kappa shape index (κ3) is 3.73. The van der Waals surface area contributed by atoms with Crippen LogP contribution in [0.4, 0.5) is 0 Å². The van der Waals surface area contributed by atoms with Crippen LogP contribution in [-0.2, 0) is 9.78 Å². The molecule has 2 rings (SSSR count). The summed E-state index contributed by atoms with van der Waals surface area (Å²) in [5, 5.41) is 0. The van der Waals surface area contributed by atoms with Crippen LogP contribution in [-0.4, -0.2) is 13.1 Å². The Morgan fingerprint density at radius 3 is 2.50 bits per heavy atom. The van der Waals surface area contributed by atoms with E-state index in [1.54, 1.807) is 31.4 Å². The summed E-state index contributed by atoms with van der Waals surface area (Å²) in [7, 11) is 1.58. The molecule has 4 heteroatoms. The molecular formula is C16H21O4. The van der Waals surface area contributed by atoms with Gasteiger partial charge in [0.05, 0.1) is 12.7 Å². The second-order valence-electron chi connectivity index (χ2n) is 5.44. The quantitative estimate of drug-likeness (QED) is 0.620. The van der Waals surface area contributed by atoms with Crippen molar-refractivity contribution >= 4 is 5.97 Å². The third-order valence-electron chi connectivity index (χ3n) is 3.74. The molecule has 0 amide bonds. The van der Waals surface area contributed by atoms with Crippen molar-refractivity contribution in [3.05, 3.63) is 35.9 Å². The number of hydrogen-bond acceptors (Lipinski definition) is 4. The fourth-order valence-electron chi connectivity index (χ4n) is 2.32. The van der Waals surface area contributed by atoms with Gasteiger partial charge in [-0.05, 0) is 48.9 Å². The van der Waals surface area contributed by atoms with Gasteiger partial charge < -0.3 is 4.74 Å². The molecule has 4 nitrogen and oxygen atoms in total. The van der Waals surface area contributed by atoms with Crippen LogP contribution in [0.15, 0.2) is 24.3 Å². The second-order valence-corrected chi connectivity index (χ2v) is 5.44. The first kappa shape index (κ1) is 14.9. The normalized spacial score (nSPS) is 23.4. The van der Waals surface area contributed by atoms with Crippen molar-refractivity contribution in [2.24, 2.45) is 11.8 Å². The molecule has 0 N–H and O–H groups in total. The Bertz CT molecular complexity index is 440. The first-order valence-corrected chi connectivity index (χ1v) is 6.98. The monoisotopic (exact) mass is 277 g/mol. The highest BCUT2D eigenvalue weighted by atomic mass is 17.2. The lowest BCUT2D eigenvalue weighted by molar-refractivity contribution is -0.248. The van der Waals surface area contributed by atoms with Gasteiger partial charge in [-0.15, -0.1) is 0 Å².